The lowest BCUT2D eigenvalue weighted by atomic mass is 10.3. The average molecular weight is 246 g/mol. The molecule has 1 heterocycles. The van der Waals surface area contributed by atoms with Crippen molar-refractivity contribution in [2.24, 2.45) is 0 Å². The van der Waals surface area contributed by atoms with Crippen LogP contribution in [0, 0.1) is 0 Å². The molecular formula is C10H14O5S. The van der Waals surface area contributed by atoms with Crippen molar-refractivity contribution in [3.63, 3.8) is 0 Å². The predicted octanol–water partition coefficient (Wildman–Crippen LogP) is 1.69. The molecule has 0 unspecified atom stereocenters. The summed E-state index contributed by atoms with van der Waals surface area (Å²) < 4.78 is 27.9. The first-order valence-corrected chi connectivity index (χ1v) is 6.78. The topological polar surface area (TPSA) is 84.6 Å². The number of hydrogen-bond acceptors (Lipinski definition) is 4. The lowest BCUT2D eigenvalue weighted by Gasteiger charge is -1.99. The van der Waals surface area contributed by atoms with Gasteiger partial charge in [0.2, 0.25) is 0 Å². The van der Waals surface area contributed by atoms with Gasteiger partial charge in [-0.3, -0.25) is 0 Å². The molecule has 0 aliphatic carbocycles. The maximum Gasteiger partial charge on any atom is 0.338 e. The van der Waals surface area contributed by atoms with Gasteiger partial charge in [0, 0.05) is 0 Å². The summed E-state index contributed by atoms with van der Waals surface area (Å²) in [6.07, 6.45) is 2.46. The van der Waals surface area contributed by atoms with Crippen LogP contribution in [0.5, 0.6) is 0 Å². The molecule has 0 spiro atoms. The van der Waals surface area contributed by atoms with E-state index in [9.17, 15) is 13.2 Å². The van der Waals surface area contributed by atoms with Gasteiger partial charge in [0.1, 0.15) is 17.8 Å². The minimum Gasteiger partial charge on any atom is -0.478 e. The number of carboxylic acid groups (broad SMARTS) is 1. The molecule has 0 amide bonds. The van der Waals surface area contributed by atoms with E-state index < -0.39 is 15.8 Å². The summed E-state index contributed by atoms with van der Waals surface area (Å²) >= 11 is 0. The number of sulfone groups is 1. The second-order valence-electron chi connectivity index (χ2n) is 3.55. The van der Waals surface area contributed by atoms with Crippen molar-refractivity contribution in [1.82, 2.24) is 0 Å². The minimum absolute atomic E-state index is 0.0271. The van der Waals surface area contributed by atoms with E-state index in [1.165, 1.54) is 6.07 Å². The van der Waals surface area contributed by atoms with Crippen molar-refractivity contribution in [2.45, 2.75) is 25.5 Å². The molecule has 0 saturated carbocycles. The standard InChI is InChI=1S/C10H14O5S/c1-2-3-4-16(13,14)7-9-5-8(6-15-9)10(11)12/h5-6H,2-4,7H2,1H3,(H,11,12). The molecule has 0 radical (unpaired) electrons. The van der Waals surface area contributed by atoms with Gasteiger partial charge in [0.25, 0.3) is 0 Å². The second kappa shape index (κ2) is 5.16. The molecule has 5 nitrogen and oxygen atoms in total. The van der Waals surface area contributed by atoms with Crippen molar-refractivity contribution < 1.29 is 22.7 Å². The smallest absolute Gasteiger partial charge is 0.338 e. The summed E-state index contributed by atoms with van der Waals surface area (Å²) in [6.45, 7) is 1.91. The Morgan fingerprint density at radius 3 is 2.69 bits per heavy atom. The first-order valence-electron chi connectivity index (χ1n) is 4.95. The van der Waals surface area contributed by atoms with Gasteiger partial charge >= 0.3 is 5.97 Å². The van der Waals surface area contributed by atoms with Gasteiger partial charge in [-0.15, -0.1) is 0 Å². The Morgan fingerprint density at radius 2 is 2.19 bits per heavy atom. The summed E-state index contributed by atoms with van der Waals surface area (Å²) in [5, 5.41) is 8.63. The summed E-state index contributed by atoms with van der Waals surface area (Å²) in [5.41, 5.74) is -0.0271. The average Bonchev–Trinajstić information content (AvgIpc) is 2.62. The highest BCUT2D eigenvalue weighted by Crippen LogP contribution is 2.12. The molecule has 0 atom stereocenters. The molecular weight excluding hydrogens is 232 g/mol. The Hall–Kier alpha value is -1.30. The molecule has 16 heavy (non-hydrogen) atoms. The molecule has 0 aliphatic heterocycles. The number of furan rings is 1. The first kappa shape index (κ1) is 12.8. The zero-order chi connectivity index (χ0) is 12.2. The Kier molecular flexibility index (Phi) is 4.12. The third kappa shape index (κ3) is 3.69. The van der Waals surface area contributed by atoms with Crippen LogP contribution in [0.1, 0.15) is 35.9 Å². The Morgan fingerprint density at radius 1 is 1.50 bits per heavy atom. The maximum absolute atomic E-state index is 11.5. The molecule has 1 aromatic heterocycles. The van der Waals surface area contributed by atoms with Crippen molar-refractivity contribution in [3.05, 3.63) is 23.7 Å². The zero-order valence-corrected chi connectivity index (χ0v) is 9.79. The molecule has 0 saturated heterocycles. The van der Waals surface area contributed by atoms with Crippen LogP contribution >= 0.6 is 0 Å². The van der Waals surface area contributed by atoms with E-state index in [0.717, 1.165) is 12.7 Å². The van der Waals surface area contributed by atoms with Crippen molar-refractivity contribution >= 4 is 15.8 Å². The molecule has 1 rings (SSSR count). The SMILES string of the molecule is CCCCS(=O)(=O)Cc1cc(C(=O)O)co1. The van der Waals surface area contributed by atoms with Crippen LogP contribution in [0.15, 0.2) is 16.7 Å². The van der Waals surface area contributed by atoms with Crippen LogP contribution < -0.4 is 0 Å². The maximum atomic E-state index is 11.5. The normalized spacial score (nSPS) is 11.6. The van der Waals surface area contributed by atoms with Crippen LogP contribution in [0.3, 0.4) is 0 Å². The van der Waals surface area contributed by atoms with Crippen LogP contribution in [0.4, 0.5) is 0 Å². The molecule has 1 aromatic rings. The van der Waals surface area contributed by atoms with Gasteiger partial charge in [0.15, 0.2) is 9.84 Å². The predicted molar refractivity (Wildman–Crippen MR) is 58.1 cm³/mol. The van der Waals surface area contributed by atoms with Gasteiger partial charge in [0.05, 0.1) is 11.3 Å². The molecule has 90 valence electrons. The van der Waals surface area contributed by atoms with E-state index >= 15 is 0 Å². The molecule has 0 bridgehead atoms. The quantitative estimate of drug-likeness (QED) is 0.825. The van der Waals surface area contributed by atoms with Crippen LogP contribution in [0.25, 0.3) is 0 Å². The highest BCUT2D eigenvalue weighted by molar-refractivity contribution is 7.90. The number of unbranched alkanes of at least 4 members (excludes halogenated alkanes) is 1. The highest BCUT2D eigenvalue weighted by Gasteiger charge is 2.16. The molecule has 0 aromatic carbocycles. The Bertz CT molecular complexity index is 457. The Labute approximate surface area is 94.0 Å². The van der Waals surface area contributed by atoms with Crippen molar-refractivity contribution in [3.8, 4) is 0 Å². The van der Waals surface area contributed by atoms with Gasteiger partial charge in [-0.05, 0) is 12.5 Å². The molecule has 0 fully saturated rings. The largest absolute Gasteiger partial charge is 0.478 e. The number of carbonyl (C=O) groups is 1. The Balaban J connectivity index is 2.69. The van der Waals surface area contributed by atoms with E-state index in [0.29, 0.717) is 6.42 Å². The van der Waals surface area contributed by atoms with E-state index in [1.54, 1.807) is 0 Å². The third-order valence-electron chi connectivity index (χ3n) is 2.07. The summed E-state index contributed by atoms with van der Waals surface area (Å²) in [4.78, 5) is 10.5. The van der Waals surface area contributed by atoms with E-state index in [1.807, 2.05) is 6.92 Å². The van der Waals surface area contributed by atoms with Crippen LogP contribution in [0.2, 0.25) is 0 Å². The molecule has 1 N–H and O–H groups in total. The minimum atomic E-state index is -3.20. The van der Waals surface area contributed by atoms with Gasteiger partial charge < -0.3 is 9.52 Å². The van der Waals surface area contributed by atoms with Crippen molar-refractivity contribution in [1.29, 1.82) is 0 Å². The summed E-state index contributed by atoms with van der Waals surface area (Å²) in [5.74, 6) is -1.08. The first-order chi connectivity index (χ1) is 7.44. The van der Waals surface area contributed by atoms with E-state index in [4.69, 9.17) is 9.52 Å². The molecule has 0 aliphatic rings. The van der Waals surface area contributed by atoms with Gasteiger partial charge in [-0.1, -0.05) is 13.3 Å². The zero-order valence-electron chi connectivity index (χ0n) is 8.97. The van der Waals surface area contributed by atoms with E-state index in [-0.39, 0.29) is 22.8 Å². The fourth-order valence-electron chi connectivity index (χ4n) is 1.22. The number of rotatable bonds is 6. The van der Waals surface area contributed by atoms with Crippen LogP contribution in [-0.4, -0.2) is 25.2 Å². The number of carboxylic acids is 1. The fraction of sp³-hybridized carbons (Fsp3) is 0.500. The fourth-order valence-corrected chi connectivity index (χ4v) is 2.68. The number of hydrogen-bond donors (Lipinski definition) is 1. The highest BCUT2D eigenvalue weighted by atomic mass is 32.2. The van der Waals surface area contributed by atoms with Crippen LogP contribution in [-0.2, 0) is 15.6 Å². The van der Waals surface area contributed by atoms with E-state index in [2.05, 4.69) is 0 Å². The summed E-state index contributed by atoms with van der Waals surface area (Å²) in [7, 11) is -3.20. The van der Waals surface area contributed by atoms with Crippen molar-refractivity contribution in [2.75, 3.05) is 5.75 Å². The lowest BCUT2D eigenvalue weighted by molar-refractivity contribution is 0.0696. The molecule has 6 heteroatoms. The monoisotopic (exact) mass is 246 g/mol. The second-order valence-corrected chi connectivity index (χ2v) is 5.74. The van der Waals surface area contributed by atoms with Gasteiger partial charge in [-0.25, -0.2) is 13.2 Å². The number of aromatic carboxylic acids is 1. The third-order valence-corrected chi connectivity index (χ3v) is 3.71. The summed E-state index contributed by atoms with van der Waals surface area (Å²) in [6, 6.07) is 1.24. The van der Waals surface area contributed by atoms with Gasteiger partial charge in [-0.2, -0.15) is 0 Å². The lowest BCUT2D eigenvalue weighted by Crippen LogP contribution is -2.08.